The lowest BCUT2D eigenvalue weighted by Gasteiger charge is -2.07. The highest BCUT2D eigenvalue weighted by molar-refractivity contribution is 7.18. The molecule has 0 saturated heterocycles. The molecule has 0 unspecified atom stereocenters. The lowest BCUT2D eigenvalue weighted by atomic mass is 10.1. The maximum absolute atomic E-state index is 12.7. The minimum absolute atomic E-state index is 0.0155. The molecule has 3 aromatic rings. The Morgan fingerprint density at radius 2 is 1.67 bits per heavy atom. The maximum Gasteiger partial charge on any atom is 0.341 e. The minimum Gasteiger partial charge on any atom is -0.494 e. The molecule has 3 rings (SSSR count). The van der Waals surface area contributed by atoms with E-state index in [-0.39, 0.29) is 34.4 Å². The highest BCUT2D eigenvalue weighted by Crippen LogP contribution is 2.34. The number of esters is 1. The fourth-order valence-corrected chi connectivity index (χ4v) is 4.02. The topological polar surface area (TPSA) is 130 Å². The number of ether oxygens (including phenoxy) is 3. The predicted octanol–water partition coefficient (Wildman–Crippen LogP) is 4.16. The van der Waals surface area contributed by atoms with Crippen molar-refractivity contribution in [3.63, 3.8) is 0 Å². The van der Waals surface area contributed by atoms with E-state index in [0.717, 1.165) is 17.1 Å². The first kappa shape index (κ1) is 23.9. The van der Waals surface area contributed by atoms with Crippen LogP contribution in [-0.4, -0.2) is 31.0 Å². The van der Waals surface area contributed by atoms with E-state index in [9.17, 15) is 14.4 Å². The van der Waals surface area contributed by atoms with Gasteiger partial charge in [0.05, 0.1) is 23.7 Å². The number of anilines is 1. The smallest absolute Gasteiger partial charge is 0.341 e. The molecule has 1 aromatic carbocycles. The monoisotopic (exact) mass is 472 g/mol. The summed E-state index contributed by atoms with van der Waals surface area (Å²) in [7, 11) is 0. The summed E-state index contributed by atoms with van der Waals surface area (Å²) in [4.78, 5) is 36.9. The second kappa shape index (κ2) is 10.7. The van der Waals surface area contributed by atoms with Crippen LogP contribution in [0.3, 0.4) is 0 Å². The first-order valence-electron chi connectivity index (χ1n) is 10.2. The van der Waals surface area contributed by atoms with Crippen molar-refractivity contribution in [1.82, 2.24) is 0 Å². The van der Waals surface area contributed by atoms with Crippen molar-refractivity contribution in [2.24, 2.45) is 5.73 Å². The van der Waals surface area contributed by atoms with E-state index in [1.54, 1.807) is 44.2 Å². The number of thiophene rings is 1. The van der Waals surface area contributed by atoms with E-state index in [1.165, 1.54) is 6.07 Å². The number of hydrogen-bond donors (Lipinski definition) is 2. The second-order valence-corrected chi connectivity index (χ2v) is 7.78. The molecule has 2 amide bonds. The quantitative estimate of drug-likeness (QED) is 0.424. The van der Waals surface area contributed by atoms with Crippen molar-refractivity contribution in [2.45, 2.75) is 27.4 Å². The molecule has 10 heteroatoms. The standard InChI is InChI=1S/C23H24N2O7S/c1-4-29-14-6-8-15(9-7-14)31-12-16-10-11-17(32-16)21(27)25-22-18(23(28)30-5-2)13(3)19(33-22)20(24)26/h6-11H,4-5,12H2,1-3H3,(H2,24,26)(H,25,27). The molecule has 0 aliphatic heterocycles. The van der Waals surface area contributed by atoms with Crippen molar-refractivity contribution in [3.8, 4) is 11.5 Å². The summed E-state index contributed by atoms with van der Waals surface area (Å²) in [6.07, 6.45) is 0. The molecule has 2 heterocycles. The Labute approximate surface area is 194 Å². The lowest BCUT2D eigenvalue weighted by Crippen LogP contribution is -2.14. The van der Waals surface area contributed by atoms with Crippen LogP contribution in [0.1, 0.15) is 55.8 Å². The van der Waals surface area contributed by atoms with Crippen LogP contribution in [0.5, 0.6) is 11.5 Å². The zero-order valence-electron chi connectivity index (χ0n) is 18.4. The van der Waals surface area contributed by atoms with Gasteiger partial charge in [0, 0.05) is 0 Å². The zero-order chi connectivity index (χ0) is 24.0. The number of carbonyl (C=O) groups is 3. The first-order chi connectivity index (χ1) is 15.8. The van der Waals surface area contributed by atoms with Crippen molar-refractivity contribution in [3.05, 3.63) is 63.9 Å². The maximum atomic E-state index is 12.7. The second-order valence-electron chi connectivity index (χ2n) is 6.76. The molecule has 3 N–H and O–H groups in total. The summed E-state index contributed by atoms with van der Waals surface area (Å²) >= 11 is 0.906. The van der Waals surface area contributed by atoms with Gasteiger partial charge in [-0.15, -0.1) is 11.3 Å². The zero-order valence-corrected chi connectivity index (χ0v) is 19.2. The third-order valence-corrected chi connectivity index (χ3v) is 5.70. The number of nitrogens with one attached hydrogen (secondary N) is 1. The highest BCUT2D eigenvalue weighted by Gasteiger charge is 2.26. The summed E-state index contributed by atoms with van der Waals surface area (Å²) in [5, 5.41) is 2.77. The number of nitrogens with two attached hydrogens (primary N) is 1. The van der Waals surface area contributed by atoms with Gasteiger partial charge in [-0.3, -0.25) is 9.59 Å². The SMILES string of the molecule is CCOC(=O)c1c(NC(=O)c2ccc(COc3ccc(OCC)cc3)o2)sc(C(N)=O)c1C. The van der Waals surface area contributed by atoms with Gasteiger partial charge in [-0.1, -0.05) is 0 Å². The van der Waals surface area contributed by atoms with Gasteiger partial charge in [0.2, 0.25) is 0 Å². The molecule has 9 nitrogen and oxygen atoms in total. The molecule has 2 aromatic heterocycles. The van der Waals surface area contributed by atoms with E-state index in [1.807, 2.05) is 6.92 Å². The number of primary amides is 1. The van der Waals surface area contributed by atoms with Gasteiger partial charge in [0.1, 0.15) is 28.9 Å². The fraction of sp³-hybridized carbons (Fsp3) is 0.261. The molecule has 0 aliphatic carbocycles. The molecule has 0 saturated carbocycles. The fourth-order valence-electron chi connectivity index (χ4n) is 2.98. The van der Waals surface area contributed by atoms with Gasteiger partial charge in [-0.05, 0) is 62.7 Å². The van der Waals surface area contributed by atoms with Gasteiger partial charge < -0.3 is 29.7 Å². The Morgan fingerprint density at radius 3 is 2.27 bits per heavy atom. The molecule has 0 aliphatic rings. The average Bonchev–Trinajstić information content (AvgIpc) is 3.38. The molecule has 0 atom stereocenters. The van der Waals surface area contributed by atoms with Gasteiger partial charge in [0.15, 0.2) is 5.76 Å². The average molecular weight is 473 g/mol. The summed E-state index contributed by atoms with van der Waals surface area (Å²) in [6.45, 7) is 5.97. The normalized spacial score (nSPS) is 10.5. The highest BCUT2D eigenvalue weighted by atomic mass is 32.1. The third-order valence-electron chi connectivity index (χ3n) is 4.48. The molecule has 33 heavy (non-hydrogen) atoms. The van der Waals surface area contributed by atoms with Gasteiger partial charge in [-0.2, -0.15) is 0 Å². The van der Waals surface area contributed by atoms with Crippen LogP contribution in [0.2, 0.25) is 0 Å². The van der Waals surface area contributed by atoms with Crippen LogP contribution in [0.4, 0.5) is 5.00 Å². The van der Waals surface area contributed by atoms with Crippen LogP contribution in [-0.2, 0) is 11.3 Å². The Morgan fingerprint density at radius 1 is 1.00 bits per heavy atom. The molecular weight excluding hydrogens is 448 g/mol. The summed E-state index contributed by atoms with van der Waals surface area (Å²) in [5.74, 6) is -0.139. The number of furan rings is 1. The molecule has 0 radical (unpaired) electrons. The molecule has 0 spiro atoms. The summed E-state index contributed by atoms with van der Waals surface area (Å²) in [6, 6.07) is 10.2. The van der Waals surface area contributed by atoms with Crippen molar-refractivity contribution in [1.29, 1.82) is 0 Å². The van der Waals surface area contributed by atoms with E-state index in [2.05, 4.69) is 5.32 Å². The van der Waals surface area contributed by atoms with E-state index >= 15 is 0 Å². The third kappa shape index (κ3) is 5.72. The van der Waals surface area contributed by atoms with Crippen LogP contribution in [0.25, 0.3) is 0 Å². The molecular formula is C23H24N2O7S. The molecule has 0 fully saturated rings. The van der Waals surface area contributed by atoms with Crippen LogP contribution >= 0.6 is 11.3 Å². The van der Waals surface area contributed by atoms with Crippen molar-refractivity contribution < 1.29 is 33.0 Å². The largest absolute Gasteiger partial charge is 0.494 e. The Hall–Kier alpha value is -3.79. The molecule has 174 valence electrons. The Kier molecular flexibility index (Phi) is 7.73. The van der Waals surface area contributed by atoms with E-state index in [4.69, 9.17) is 24.4 Å². The minimum atomic E-state index is -0.699. The van der Waals surface area contributed by atoms with Crippen LogP contribution < -0.4 is 20.5 Å². The number of rotatable bonds is 10. The number of benzene rings is 1. The predicted molar refractivity (Wildman–Crippen MR) is 122 cm³/mol. The number of carbonyl (C=O) groups excluding carboxylic acids is 3. The number of hydrogen-bond acceptors (Lipinski definition) is 8. The summed E-state index contributed by atoms with van der Waals surface area (Å²) in [5.41, 5.74) is 5.83. The number of amides is 2. The van der Waals surface area contributed by atoms with Crippen molar-refractivity contribution in [2.75, 3.05) is 18.5 Å². The lowest BCUT2D eigenvalue weighted by molar-refractivity contribution is 0.0527. The first-order valence-corrected chi connectivity index (χ1v) is 11.0. The summed E-state index contributed by atoms with van der Waals surface area (Å²) < 4.78 is 21.7. The van der Waals surface area contributed by atoms with Crippen LogP contribution in [0.15, 0.2) is 40.8 Å². The Bertz CT molecular complexity index is 1150. The Balaban J connectivity index is 1.70. The van der Waals surface area contributed by atoms with Gasteiger partial charge >= 0.3 is 5.97 Å². The van der Waals surface area contributed by atoms with Gasteiger partial charge in [-0.25, -0.2) is 4.79 Å². The van der Waals surface area contributed by atoms with Crippen molar-refractivity contribution >= 4 is 34.1 Å². The van der Waals surface area contributed by atoms with Gasteiger partial charge in [0.25, 0.3) is 11.8 Å². The van der Waals surface area contributed by atoms with E-state index < -0.39 is 17.8 Å². The van der Waals surface area contributed by atoms with Crippen LogP contribution in [0, 0.1) is 6.92 Å². The van der Waals surface area contributed by atoms with E-state index in [0.29, 0.717) is 23.7 Å². The molecule has 0 bridgehead atoms.